The van der Waals surface area contributed by atoms with Crippen LogP contribution >= 0.6 is 0 Å². The number of carbonyl (C=O) groups excluding carboxylic acids is 6. The molecule has 2 aliphatic heterocycles. The Balaban J connectivity index is 0.00000289. The van der Waals surface area contributed by atoms with Crippen molar-refractivity contribution in [2.45, 2.75) is 24.2 Å². The van der Waals surface area contributed by atoms with Crippen LogP contribution in [0.4, 0.5) is 0 Å². The molecule has 0 saturated carbocycles. The van der Waals surface area contributed by atoms with Gasteiger partial charge in [-0.3, -0.25) is 39.4 Å². The zero-order valence-corrected chi connectivity index (χ0v) is 19.3. The Morgan fingerprint density at radius 2 is 1.19 bits per heavy atom. The Morgan fingerprint density at radius 3 is 1.62 bits per heavy atom. The molecule has 158 valence electrons. The molecule has 2 fully saturated rings. The van der Waals surface area contributed by atoms with Gasteiger partial charge in [0.2, 0.25) is 11.8 Å². The van der Waals surface area contributed by atoms with E-state index < -0.39 is 68.6 Å². The number of imide groups is 2. The van der Waals surface area contributed by atoms with Crippen LogP contribution in [0.15, 0.2) is 34.2 Å². The second-order valence-electron chi connectivity index (χ2n) is 7.00. The summed E-state index contributed by atoms with van der Waals surface area (Å²) in [5, 5.41) is 4.00. The largest absolute Gasteiger partial charge is 1.00 e. The summed E-state index contributed by atoms with van der Waals surface area (Å²) in [6, 6.07) is 3.10. The average molecular weight is 466 g/mol. The molecule has 0 radical (unpaired) electrons. The van der Waals surface area contributed by atoms with Crippen LogP contribution in [0.2, 0.25) is 0 Å². The number of hydrogen-bond donors (Lipinski definition) is 2. The number of nitrogens with one attached hydrogen (secondary N) is 2. The number of benzene rings is 1. The standard InChI is InChI=1S/C19H12N2O9S.Na/c22-12-5-14(24)20-18(26)16(12)10-4-11(17-13(23)6-15(25)21-19(17)27)9-3-7(31(28,29)30)1-2-8(9)10;/h1-3H,4-6H2,(H,20,24,26)(H,21,25,27)(H,28,29,30);/q;+1/p-1/b16-10-,17-11-;. The van der Waals surface area contributed by atoms with Crippen LogP contribution in [0.25, 0.3) is 11.1 Å². The summed E-state index contributed by atoms with van der Waals surface area (Å²) in [7, 11) is -4.90. The van der Waals surface area contributed by atoms with Crippen LogP contribution in [-0.2, 0) is 38.9 Å². The average Bonchev–Trinajstić information content (AvgIpc) is 2.98. The Bertz CT molecular complexity index is 1290. The van der Waals surface area contributed by atoms with E-state index in [9.17, 15) is 41.7 Å². The van der Waals surface area contributed by atoms with Crippen molar-refractivity contribution in [1.82, 2.24) is 10.6 Å². The van der Waals surface area contributed by atoms with Gasteiger partial charge < -0.3 is 4.55 Å². The summed E-state index contributed by atoms with van der Waals surface area (Å²) in [6.45, 7) is 0. The quantitative estimate of drug-likeness (QED) is 0.103. The second kappa shape index (κ2) is 8.30. The first-order valence-corrected chi connectivity index (χ1v) is 10.2. The first kappa shape index (κ1) is 23.9. The van der Waals surface area contributed by atoms with Gasteiger partial charge in [0.15, 0.2) is 11.6 Å². The van der Waals surface area contributed by atoms with Crippen LogP contribution in [0.3, 0.4) is 0 Å². The molecule has 11 nitrogen and oxygen atoms in total. The van der Waals surface area contributed by atoms with Gasteiger partial charge in [-0.2, -0.15) is 0 Å². The van der Waals surface area contributed by atoms with Gasteiger partial charge >= 0.3 is 29.6 Å². The number of carbonyl (C=O) groups is 6. The number of ketones is 2. The van der Waals surface area contributed by atoms with E-state index in [1.54, 1.807) is 0 Å². The van der Waals surface area contributed by atoms with Crippen molar-refractivity contribution in [1.29, 1.82) is 0 Å². The Morgan fingerprint density at radius 1 is 0.719 bits per heavy atom. The van der Waals surface area contributed by atoms with Crippen LogP contribution < -0.4 is 40.2 Å². The molecule has 0 spiro atoms. The summed E-state index contributed by atoms with van der Waals surface area (Å²) in [6.07, 6.45) is -1.52. The van der Waals surface area contributed by atoms with Crippen molar-refractivity contribution in [3.63, 3.8) is 0 Å². The van der Waals surface area contributed by atoms with Gasteiger partial charge in [-0.05, 0) is 34.4 Å². The predicted octanol–water partition coefficient (Wildman–Crippen LogP) is -4.26. The van der Waals surface area contributed by atoms with Crippen molar-refractivity contribution < 1.29 is 71.3 Å². The first-order chi connectivity index (χ1) is 14.5. The van der Waals surface area contributed by atoms with E-state index in [2.05, 4.69) is 0 Å². The van der Waals surface area contributed by atoms with Crippen molar-refractivity contribution in [2.75, 3.05) is 0 Å². The molecule has 4 rings (SSSR count). The number of piperidine rings is 2. The molecular weight excluding hydrogens is 455 g/mol. The van der Waals surface area contributed by atoms with Gasteiger partial charge in [0.25, 0.3) is 11.8 Å². The van der Waals surface area contributed by atoms with Gasteiger partial charge in [0.1, 0.15) is 10.1 Å². The van der Waals surface area contributed by atoms with Crippen LogP contribution in [0, 0.1) is 0 Å². The maximum atomic E-state index is 12.4. The predicted molar refractivity (Wildman–Crippen MR) is 98.4 cm³/mol. The second-order valence-corrected chi connectivity index (χ2v) is 8.38. The summed E-state index contributed by atoms with van der Waals surface area (Å²) in [5.74, 6) is -5.19. The minimum atomic E-state index is -4.90. The van der Waals surface area contributed by atoms with Crippen molar-refractivity contribution in [3.8, 4) is 0 Å². The molecule has 0 bridgehead atoms. The molecule has 1 aromatic rings. The third kappa shape index (κ3) is 4.02. The monoisotopic (exact) mass is 466 g/mol. The number of hydrogen-bond acceptors (Lipinski definition) is 9. The van der Waals surface area contributed by atoms with Crippen LogP contribution in [-0.4, -0.2) is 48.2 Å². The molecule has 3 aliphatic rings. The molecule has 4 amide bonds. The molecule has 1 aliphatic carbocycles. The van der Waals surface area contributed by atoms with E-state index in [0.29, 0.717) is 0 Å². The first-order valence-electron chi connectivity index (χ1n) is 8.79. The van der Waals surface area contributed by atoms with E-state index in [1.165, 1.54) is 6.07 Å². The summed E-state index contributed by atoms with van der Waals surface area (Å²) in [4.78, 5) is 71.8. The van der Waals surface area contributed by atoms with E-state index in [0.717, 1.165) is 12.1 Å². The molecule has 0 unspecified atom stereocenters. The van der Waals surface area contributed by atoms with Gasteiger partial charge in [-0.15, -0.1) is 0 Å². The van der Waals surface area contributed by atoms with E-state index in [-0.39, 0.29) is 63.8 Å². The summed E-state index contributed by atoms with van der Waals surface area (Å²) < 4.78 is 34.4. The van der Waals surface area contributed by atoms with Gasteiger partial charge in [-0.25, -0.2) is 8.42 Å². The molecule has 2 heterocycles. The van der Waals surface area contributed by atoms with Crippen molar-refractivity contribution >= 4 is 56.5 Å². The normalized spacial score (nSPS) is 23.5. The maximum Gasteiger partial charge on any atom is 1.00 e. The third-order valence-corrected chi connectivity index (χ3v) is 5.88. The van der Waals surface area contributed by atoms with E-state index in [4.69, 9.17) is 0 Å². The molecule has 2 saturated heterocycles. The summed E-state index contributed by atoms with van der Waals surface area (Å²) >= 11 is 0. The van der Waals surface area contributed by atoms with Gasteiger partial charge in [-0.1, -0.05) is 6.07 Å². The number of fused-ring (bicyclic) bond motifs is 1. The maximum absolute atomic E-state index is 12.4. The van der Waals surface area contributed by atoms with Crippen molar-refractivity contribution in [3.05, 3.63) is 40.5 Å². The molecule has 32 heavy (non-hydrogen) atoms. The SMILES string of the molecule is O=C1CC(=O)/C(=C2\C/C(=C3\C(=O)CC(=O)NC3=O)c3cc(S(=O)(=O)[O-])ccc32)C(=O)N1.[Na+]. The van der Waals surface area contributed by atoms with E-state index >= 15 is 0 Å². The smallest absolute Gasteiger partial charge is 0.744 e. The van der Waals surface area contributed by atoms with Crippen LogP contribution in [0.5, 0.6) is 0 Å². The Hall–Kier alpha value is -2.77. The minimum Gasteiger partial charge on any atom is -0.744 e. The molecule has 0 aromatic heterocycles. The zero-order chi connectivity index (χ0) is 22.7. The number of allylic oxidation sites excluding steroid dienone is 2. The minimum absolute atomic E-state index is 0. The van der Waals surface area contributed by atoms with E-state index in [1.807, 2.05) is 10.6 Å². The fourth-order valence-corrected chi connectivity index (χ4v) is 4.30. The Labute approximate surface area is 202 Å². The van der Waals surface area contributed by atoms with Gasteiger partial charge in [0, 0.05) is 6.42 Å². The van der Waals surface area contributed by atoms with Crippen LogP contribution in [0.1, 0.15) is 30.4 Å². The summed E-state index contributed by atoms with van der Waals surface area (Å²) in [5.41, 5.74) is -0.620. The number of Topliss-reactive ketones (excluding diaryl/α,β-unsaturated/α-hetero) is 2. The Kier molecular flexibility index (Phi) is 6.19. The molecule has 2 N–H and O–H groups in total. The molecule has 13 heteroatoms. The zero-order valence-electron chi connectivity index (χ0n) is 16.4. The van der Waals surface area contributed by atoms with Crippen molar-refractivity contribution in [2.24, 2.45) is 0 Å². The number of amides is 4. The topological polar surface area (TPSA) is 184 Å². The molecule has 0 atom stereocenters. The fraction of sp³-hybridized carbons (Fsp3) is 0.158. The molecular formula is C19H11N2NaO9S. The number of rotatable bonds is 1. The third-order valence-electron chi connectivity index (χ3n) is 5.05. The van der Waals surface area contributed by atoms with Gasteiger partial charge in [0.05, 0.1) is 28.9 Å². The fourth-order valence-electron chi connectivity index (χ4n) is 3.80. The molecule has 1 aromatic carbocycles.